The maximum atomic E-state index is 10.8. The summed E-state index contributed by atoms with van der Waals surface area (Å²) in [6.45, 7) is 0. The zero-order chi connectivity index (χ0) is 23.5. The van der Waals surface area contributed by atoms with Crippen LogP contribution in [0.2, 0.25) is 0 Å². The Morgan fingerprint density at radius 2 is 1.19 bits per heavy atom. The average molecular weight is 430 g/mol. The number of hydrogen-bond acceptors (Lipinski definition) is 7. The van der Waals surface area contributed by atoms with E-state index in [0.717, 1.165) is 17.8 Å². The SMILES string of the molecule is N#CN=C(N)N.Nc1ccc(Cc2ccc(N)cc2)cc1.O=C1OC(=O)c2ccccc21. The Morgan fingerprint density at radius 1 is 0.781 bits per heavy atom. The first-order chi connectivity index (χ1) is 15.3. The highest BCUT2D eigenvalue weighted by Gasteiger charge is 2.28. The molecule has 4 rings (SSSR count). The third kappa shape index (κ3) is 7.20. The molecule has 0 atom stereocenters. The molecule has 0 saturated heterocycles. The number of nitrogens with two attached hydrogens (primary N) is 4. The zero-order valence-electron chi connectivity index (χ0n) is 17.1. The molecule has 0 radical (unpaired) electrons. The summed E-state index contributed by atoms with van der Waals surface area (Å²) in [5, 5.41) is 7.64. The highest BCUT2D eigenvalue weighted by molar-refractivity contribution is 6.14. The maximum absolute atomic E-state index is 10.8. The van der Waals surface area contributed by atoms with Gasteiger partial charge in [-0.2, -0.15) is 5.26 Å². The molecule has 1 heterocycles. The number of rotatable bonds is 2. The van der Waals surface area contributed by atoms with Gasteiger partial charge in [0.05, 0.1) is 11.1 Å². The molecule has 3 aromatic rings. The first-order valence-corrected chi connectivity index (χ1v) is 9.32. The number of hydrogen-bond donors (Lipinski definition) is 4. The molecule has 0 amide bonds. The van der Waals surface area contributed by atoms with Crippen molar-refractivity contribution in [1.29, 1.82) is 5.26 Å². The van der Waals surface area contributed by atoms with Crippen molar-refractivity contribution in [2.45, 2.75) is 6.42 Å². The van der Waals surface area contributed by atoms with Crippen LogP contribution in [-0.4, -0.2) is 17.9 Å². The maximum Gasteiger partial charge on any atom is 0.346 e. The van der Waals surface area contributed by atoms with Gasteiger partial charge in [0.25, 0.3) is 0 Å². The van der Waals surface area contributed by atoms with Gasteiger partial charge in [-0.05, 0) is 53.9 Å². The quantitative estimate of drug-likeness (QED) is 0.119. The molecule has 1 aliphatic rings. The Bertz CT molecular complexity index is 1070. The van der Waals surface area contributed by atoms with Crippen LogP contribution in [0.4, 0.5) is 11.4 Å². The fraction of sp³-hybridized carbons (Fsp3) is 0.0435. The number of carbonyl (C=O) groups is 2. The summed E-state index contributed by atoms with van der Waals surface area (Å²) >= 11 is 0. The number of ether oxygens (including phenoxy) is 1. The van der Waals surface area contributed by atoms with Crippen LogP contribution in [0.3, 0.4) is 0 Å². The number of guanidine groups is 1. The molecule has 32 heavy (non-hydrogen) atoms. The summed E-state index contributed by atoms with van der Waals surface area (Å²) in [7, 11) is 0. The monoisotopic (exact) mass is 430 g/mol. The highest BCUT2D eigenvalue weighted by atomic mass is 16.6. The van der Waals surface area contributed by atoms with Gasteiger partial charge in [0.15, 0.2) is 0 Å². The van der Waals surface area contributed by atoms with Crippen molar-refractivity contribution in [1.82, 2.24) is 0 Å². The standard InChI is InChI=1S/C13H14N2.C8H4O3.C2H4N4/c14-12-5-1-10(2-6-12)9-11-3-7-13(15)8-4-11;9-7-5-3-1-2-4-6(5)8(10)11-7;3-1-6-2(4)5/h1-8H,9,14-15H2;1-4H;(H4,4,5,6). The van der Waals surface area contributed by atoms with Gasteiger partial charge in [-0.15, -0.1) is 4.99 Å². The van der Waals surface area contributed by atoms with Gasteiger partial charge in [0, 0.05) is 11.4 Å². The Kier molecular flexibility index (Phi) is 8.33. The molecule has 0 saturated carbocycles. The molecule has 0 unspecified atom stereocenters. The summed E-state index contributed by atoms with van der Waals surface area (Å²) in [6, 6.07) is 22.4. The largest absolute Gasteiger partial charge is 0.399 e. The van der Waals surface area contributed by atoms with Crippen LogP contribution < -0.4 is 22.9 Å². The molecule has 1 aliphatic heterocycles. The van der Waals surface area contributed by atoms with E-state index in [-0.39, 0.29) is 5.96 Å². The lowest BCUT2D eigenvalue weighted by Gasteiger charge is -2.02. The molecule has 0 fully saturated rings. The van der Waals surface area contributed by atoms with Crippen molar-refractivity contribution in [2.24, 2.45) is 16.5 Å². The van der Waals surface area contributed by atoms with E-state index >= 15 is 0 Å². The molecular weight excluding hydrogens is 408 g/mol. The Morgan fingerprint density at radius 3 is 1.50 bits per heavy atom. The van der Waals surface area contributed by atoms with Crippen molar-refractivity contribution in [3.05, 3.63) is 95.1 Å². The Balaban J connectivity index is 0.000000188. The fourth-order valence-corrected chi connectivity index (χ4v) is 2.60. The summed E-state index contributed by atoms with van der Waals surface area (Å²) in [5.74, 6) is -1.30. The van der Waals surface area contributed by atoms with E-state index < -0.39 is 11.9 Å². The van der Waals surface area contributed by atoms with Gasteiger partial charge in [-0.25, -0.2) is 9.59 Å². The topological polar surface area (TPSA) is 184 Å². The second-order valence-electron chi connectivity index (χ2n) is 6.52. The number of esters is 2. The number of aliphatic imine (C=N–C) groups is 1. The number of nitrogens with zero attached hydrogens (tertiary/aromatic N) is 2. The van der Waals surface area contributed by atoms with Gasteiger partial charge >= 0.3 is 11.9 Å². The van der Waals surface area contributed by atoms with E-state index in [9.17, 15) is 9.59 Å². The number of nitriles is 1. The van der Waals surface area contributed by atoms with Gasteiger partial charge in [0.2, 0.25) is 12.2 Å². The minimum Gasteiger partial charge on any atom is -0.399 e. The number of nitrogen functional groups attached to an aromatic ring is 2. The Hall–Kier alpha value is -4.84. The zero-order valence-corrected chi connectivity index (χ0v) is 17.1. The van der Waals surface area contributed by atoms with Crippen LogP contribution in [0, 0.1) is 11.5 Å². The van der Waals surface area contributed by atoms with Gasteiger partial charge in [0.1, 0.15) is 0 Å². The van der Waals surface area contributed by atoms with Crippen molar-refractivity contribution < 1.29 is 14.3 Å². The summed E-state index contributed by atoms with van der Waals surface area (Å²) in [4.78, 5) is 24.6. The summed E-state index contributed by atoms with van der Waals surface area (Å²) < 4.78 is 4.35. The predicted octanol–water partition coefficient (Wildman–Crippen LogP) is 2.18. The third-order valence-electron chi connectivity index (χ3n) is 4.10. The lowest BCUT2D eigenvalue weighted by Crippen LogP contribution is -2.21. The molecule has 162 valence electrons. The van der Waals surface area contributed by atoms with E-state index in [4.69, 9.17) is 28.2 Å². The first kappa shape index (κ1) is 23.4. The third-order valence-corrected chi connectivity index (χ3v) is 4.10. The molecule has 3 aromatic carbocycles. The molecular formula is C23H22N6O3. The summed E-state index contributed by atoms with van der Waals surface area (Å²) in [5.41, 5.74) is 25.5. The van der Waals surface area contributed by atoms with Gasteiger partial charge in [-0.3, -0.25) is 0 Å². The van der Waals surface area contributed by atoms with E-state index in [1.54, 1.807) is 24.3 Å². The number of benzene rings is 3. The lowest BCUT2D eigenvalue weighted by atomic mass is 10.0. The minimum absolute atomic E-state index is 0.197. The number of cyclic esters (lactones) is 2. The summed E-state index contributed by atoms with van der Waals surface area (Å²) in [6.07, 6.45) is 2.32. The van der Waals surface area contributed by atoms with Crippen molar-refractivity contribution in [3.8, 4) is 6.19 Å². The van der Waals surface area contributed by atoms with Crippen LogP contribution in [0.5, 0.6) is 0 Å². The van der Waals surface area contributed by atoms with Crippen LogP contribution in [0.15, 0.2) is 77.8 Å². The van der Waals surface area contributed by atoms with Crippen molar-refractivity contribution in [3.63, 3.8) is 0 Å². The minimum atomic E-state index is -0.550. The van der Waals surface area contributed by atoms with E-state index in [1.807, 2.05) is 48.5 Å². The van der Waals surface area contributed by atoms with Gasteiger partial charge in [-0.1, -0.05) is 36.4 Å². The number of carbonyl (C=O) groups excluding carboxylic acids is 2. The predicted molar refractivity (Wildman–Crippen MR) is 122 cm³/mol. The van der Waals surface area contributed by atoms with Crippen LogP contribution in [0.1, 0.15) is 31.8 Å². The number of anilines is 2. The van der Waals surface area contributed by atoms with E-state index in [2.05, 4.69) is 9.73 Å². The normalized spacial score (nSPS) is 10.8. The Labute approximate surface area is 184 Å². The molecule has 0 aliphatic carbocycles. The first-order valence-electron chi connectivity index (χ1n) is 9.32. The lowest BCUT2D eigenvalue weighted by molar-refractivity contribution is 0.0443. The smallest absolute Gasteiger partial charge is 0.346 e. The van der Waals surface area contributed by atoms with Crippen LogP contribution >= 0.6 is 0 Å². The van der Waals surface area contributed by atoms with Crippen LogP contribution in [0.25, 0.3) is 0 Å². The van der Waals surface area contributed by atoms with E-state index in [1.165, 1.54) is 17.3 Å². The number of fused-ring (bicyclic) bond motifs is 1. The molecule has 0 spiro atoms. The molecule has 0 bridgehead atoms. The molecule has 9 heteroatoms. The second-order valence-corrected chi connectivity index (χ2v) is 6.52. The highest BCUT2D eigenvalue weighted by Crippen LogP contribution is 2.18. The second kappa shape index (κ2) is 11.4. The van der Waals surface area contributed by atoms with Gasteiger partial charge < -0.3 is 27.7 Å². The van der Waals surface area contributed by atoms with Crippen LogP contribution in [-0.2, 0) is 11.2 Å². The molecule has 8 N–H and O–H groups in total. The molecule has 9 nitrogen and oxygen atoms in total. The van der Waals surface area contributed by atoms with Crippen molar-refractivity contribution >= 4 is 29.3 Å². The average Bonchev–Trinajstić information content (AvgIpc) is 3.06. The van der Waals surface area contributed by atoms with Crippen molar-refractivity contribution in [2.75, 3.05) is 11.5 Å². The van der Waals surface area contributed by atoms with E-state index in [0.29, 0.717) is 11.1 Å². The molecule has 0 aromatic heterocycles. The fourth-order valence-electron chi connectivity index (χ4n) is 2.60.